The number of hydrogen-bond donors (Lipinski definition) is 0. The summed E-state index contributed by atoms with van der Waals surface area (Å²) in [5, 5.41) is 0. The van der Waals surface area contributed by atoms with Gasteiger partial charge < -0.3 is 4.90 Å². The summed E-state index contributed by atoms with van der Waals surface area (Å²) in [7, 11) is 1.66. The summed E-state index contributed by atoms with van der Waals surface area (Å²) in [5.41, 5.74) is 1.67. The summed E-state index contributed by atoms with van der Waals surface area (Å²) >= 11 is 0. The molecule has 6 heteroatoms. The zero-order chi connectivity index (χ0) is 19.4. The van der Waals surface area contributed by atoms with Gasteiger partial charge in [-0.15, -0.1) is 0 Å². The maximum Gasteiger partial charge on any atom is 0.416 e. The van der Waals surface area contributed by atoms with Gasteiger partial charge in [0.25, 0.3) is 5.91 Å². The van der Waals surface area contributed by atoms with Crippen LogP contribution in [0.5, 0.6) is 0 Å². The smallest absolute Gasteiger partial charge is 0.337 e. The summed E-state index contributed by atoms with van der Waals surface area (Å²) in [4.78, 5) is 16.6. The summed E-state index contributed by atoms with van der Waals surface area (Å²) in [6, 6.07) is 12.5. The molecule has 0 spiro atoms. The van der Waals surface area contributed by atoms with Crippen molar-refractivity contribution in [1.29, 1.82) is 0 Å². The molecule has 1 amide bonds. The van der Waals surface area contributed by atoms with Gasteiger partial charge in [0.2, 0.25) is 0 Å². The van der Waals surface area contributed by atoms with Gasteiger partial charge in [0, 0.05) is 25.7 Å². The maximum atomic E-state index is 12.7. The number of amides is 1. The fourth-order valence-corrected chi connectivity index (χ4v) is 3.37. The molecule has 0 radical (unpaired) electrons. The van der Waals surface area contributed by atoms with E-state index in [-0.39, 0.29) is 12.5 Å². The standard InChI is InChI=1S/C21H23F3N2O/c1-25(14-16-7-9-19(10-8-16)21(22,23)24)20(27)18-6-4-5-17(13-18)15-26-11-2-3-12-26/h4-10,13H,2-3,11-12,14-15H2,1H3. The molecule has 3 nitrogen and oxygen atoms in total. The second-order valence-electron chi connectivity index (χ2n) is 7.04. The summed E-state index contributed by atoms with van der Waals surface area (Å²) in [6.45, 7) is 3.27. The Labute approximate surface area is 157 Å². The van der Waals surface area contributed by atoms with E-state index in [0.29, 0.717) is 11.1 Å². The number of rotatable bonds is 5. The highest BCUT2D eigenvalue weighted by Gasteiger charge is 2.30. The number of alkyl halides is 3. The number of carbonyl (C=O) groups excluding carboxylic acids is 1. The molecule has 1 saturated heterocycles. The van der Waals surface area contributed by atoms with Gasteiger partial charge in [0.1, 0.15) is 0 Å². The number of likely N-dealkylation sites (tertiary alicyclic amines) is 1. The van der Waals surface area contributed by atoms with Crippen molar-refractivity contribution in [3.8, 4) is 0 Å². The van der Waals surface area contributed by atoms with Gasteiger partial charge in [-0.1, -0.05) is 24.3 Å². The van der Waals surface area contributed by atoms with Crippen LogP contribution < -0.4 is 0 Å². The van der Waals surface area contributed by atoms with Crippen LogP contribution in [0.3, 0.4) is 0 Å². The largest absolute Gasteiger partial charge is 0.416 e. The summed E-state index contributed by atoms with van der Waals surface area (Å²) in [5.74, 6) is -0.141. The third kappa shape index (κ3) is 5.10. The van der Waals surface area contributed by atoms with Gasteiger partial charge >= 0.3 is 6.18 Å². The molecule has 0 aliphatic carbocycles. The molecule has 0 N–H and O–H groups in total. The minimum atomic E-state index is -4.35. The van der Waals surface area contributed by atoms with E-state index in [1.54, 1.807) is 13.1 Å². The first-order valence-corrected chi connectivity index (χ1v) is 9.06. The lowest BCUT2D eigenvalue weighted by atomic mass is 10.1. The Bertz CT molecular complexity index is 781. The third-order valence-corrected chi connectivity index (χ3v) is 4.83. The molecule has 0 unspecified atom stereocenters. The number of nitrogens with zero attached hydrogens (tertiary/aromatic N) is 2. The molecule has 2 aromatic carbocycles. The van der Waals surface area contributed by atoms with Crippen LogP contribution in [0.2, 0.25) is 0 Å². The van der Waals surface area contributed by atoms with Crippen molar-refractivity contribution in [2.75, 3.05) is 20.1 Å². The van der Waals surface area contributed by atoms with Crippen molar-refractivity contribution in [3.05, 3.63) is 70.8 Å². The molecule has 2 aromatic rings. The minimum Gasteiger partial charge on any atom is -0.337 e. The normalized spacial score (nSPS) is 15.1. The average molecular weight is 376 g/mol. The molecule has 0 saturated carbocycles. The predicted octanol–water partition coefficient (Wildman–Crippen LogP) is 4.57. The van der Waals surface area contributed by atoms with E-state index >= 15 is 0 Å². The van der Waals surface area contributed by atoms with Gasteiger partial charge in [0.05, 0.1) is 5.56 Å². The fourth-order valence-electron chi connectivity index (χ4n) is 3.37. The molecule has 144 valence electrons. The number of halogens is 3. The molecule has 3 rings (SSSR count). The number of benzene rings is 2. The fraction of sp³-hybridized carbons (Fsp3) is 0.381. The number of hydrogen-bond acceptors (Lipinski definition) is 2. The topological polar surface area (TPSA) is 23.6 Å². The van der Waals surface area contributed by atoms with Crippen molar-refractivity contribution in [1.82, 2.24) is 9.80 Å². The monoisotopic (exact) mass is 376 g/mol. The van der Waals surface area contributed by atoms with Crippen LogP contribution in [-0.2, 0) is 19.3 Å². The lowest BCUT2D eigenvalue weighted by Gasteiger charge is -2.19. The SMILES string of the molecule is CN(Cc1ccc(C(F)(F)F)cc1)C(=O)c1cccc(CN2CCCC2)c1. The molecular weight excluding hydrogens is 353 g/mol. The second-order valence-corrected chi connectivity index (χ2v) is 7.04. The molecule has 27 heavy (non-hydrogen) atoms. The van der Waals surface area contributed by atoms with Crippen molar-refractivity contribution in [2.45, 2.75) is 32.1 Å². The Kier molecular flexibility index (Phi) is 5.85. The Morgan fingerprint density at radius 1 is 1.04 bits per heavy atom. The molecule has 0 atom stereocenters. The molecule has 1 heterocycles. The molecule has 1 fully saturated rings. The first-order chi connectivity index (χ1) is 12.8. The van der Waals surface area contributed by atoms with E-state index in [4.69, 9.17) is 0 Å². The highest BCUT2D eigenvalue weighted by atomic mass is 19.4. The molecule has 1 aliphatic rings. The van der Waals surface area contributed by atoms with Gasteiger partial charge in [-0.2, -0.15) is 13.2 Å². The second kappa shape index (κ2) is 8.13. The summed E-state index contributed by atoms with van der Waals surface area (Å²) < 4.78 is 37.9. The Balaban J connectivity index is 1.64. The van der Waals surface area contributed by atoms with Crippen molar-refractivity contribution >= 4 is 5.91 Å². The van der Waals surface area contributed by atoms with E-state index in [9.17, 15) is 18.0 Å². The van der Waals surface area contributed by atoms with E-state index < -0.39 is 11.7 Å². The highest BCUT2D eigenvalue weighted by molar-refractivity contribution is 5.94. The van der Waals surface area contributed by atoms with Gasteiger partial charge in [-0.05, 0) is 61.3 Å². The maximum absolute atomic E-state index is 12.7. The Morgan fingerprint density at radius 3 is 2.33 bits per heavy atom. The highest BCUT2D eigenvalue weighted by Crippen LogP contribution is 2.29. The van der Waals surface area contributed by atoms with Crippen molar-refractivity contribution < 1.29 is 18.0 Å². The van der Waals surface area contributed by atoms with Crippen LogP contribution in [0, 0.1) is 0 Å². The van der Waals surface area contributed by atoms with E-state index in [1.807, 2.05) is 18.2 Å². The number of carbonyl (C=O) groups is 1. The molecule has 0 aromatic heterocycles. The first-order valence-electron chi connectivity index (χ1n) is 9.06. The zero-order valence-corrected chi connectivity index (χ0v) is 15.3. The lowest BCUT2D eigenvalue weighted by molar-refractivity contribution is -0.137. The minimum absolute atomic E-state index is 0.141. The van der Waals surface area contributed by atoms with E-state index in [2.05, 4.69) is 4.90 Å². The van der Waals surface area contributed by atoms with Gasteiger partial charge in [-0.3, -0.25) is 9.69 Å². The van der Waals surface area contributed by atoms with Crippen LogP contribution in [0.15, 0.2) is 48.5 Å². The molecule has 1 aliphatic heterocycles. The molecule has 0 bridgehead atoms. The van der Waals surface area contributed by atoms with Gasteiger partial charge in [-0.25, -0.2) is 0 Å². The molecular formula is C21H23F3N2O. The Morgan fingerprint density at radius 2 is 1.70 bits per heavy atom. The first kappa shape index (κ1) is 19.4. The van der Waals surface area contributed by atoms with Crippen LogP contribution in [0.25, 0.3) is 0 Å². The van der Waals surface area contributed by atoms with E-state index in [0.717, 1.165) is 37.3 Å². The third-order valence-electron chi connectivity index (χ3n) is 4.83. The zero-order valence-electron chi connectivity index (χ0n) is 15.3. The Hall–Kier alpha value is -2.34. The van der Waals surface area contributed by atoms with Crippen LogP contribution >= 0.6 is 0 Å². The van der Waals surface area contributed by atoms with Crippen LogP contribution in [0.4, 0.5) is 13.2 Å². The van der Waals surface area contributed by atoms with Crippen LogP contribution in [-0.4, -0.2) is 35.8 Å². The van der Waals surface area contributed by atoms with Gasteiger partial charge in [0.15, 0.2) is 0 Å². The van der Waals surface area contributed by atoms with Crippen LogP contribution in [0.1, 0.15) is 39.9 Å². The average Bonchev–Trinajstić information content (AvgIpc) is 3.14. The quantitative estimate of drug-likeness (QED) is 0.763. The predicted molar refractivity (Wildman–Crippen MR) is 98.2 cm³/mol. The lowest BCUT2D eigenvalue weighted by Crippen LogP contribution is -2.26. The summed E-state index contributed by atoms with van der Waals surface area (Å²) in [6.07, 6.45) is -1.92. The van der Waals surface area contributed by atoms with Crippen molar-refractivity contribution in [3.63, 3.8) is 0 Å². The van der Waals surface area contributed by atoms with Crippen molar-refractivity contribution in [2.24, 2.45) is 0 Å². The van der Waals surface area contributed by atoms with E-state index in [1.165, 1.54) is 29.9 Å².